The molecule has 0 spiro atoms. The van der Waals surface area contributed by atoms with Gasteiger partial charge in [0.1, 0.15) is 0 Å². The van der Waals surface area contributed by atoms with Gasteiger partial charge in [0.2, 0.25) is 0 Å². The van der Waals surface area contributed by atoms with Crippen LogP contribution in [-0.2, 0) is 0 Å². The number of hydrogen-bond donors (Lipinski definition) is 2. The summed E-state index contributed by atoms with van der Waals surface area (Å²) in [7, 11) is 0. The summed E-state index contributed by atoms with van der Waals surface area (Å²) in [6.45, 7) is 6.31. The standard InChI is InChI=1S/C16H20N2/c1-11-4-6-14(7-5-11)16(18-17)15-9-12(2)8-13(3)10-15/h4-10,16,18H,17H2,1-3H3. The quantitative estimate of drug-likeness (QED) is 0.639. The second kappa shape index (κ2) is 5.34. The van der Waals surface area contributed by atoms with Crippen LogP contribution in [0.3, 0.4) is 0 Å². The number of aryl methyl sites for hydroxylation is 3. The Hall–Kier alpha value is -1.64. The molecule has 0 aliphatic rings. The Morgan fingerprint density at radius 1 is 0.778 bits per heavy atom. The summed E-state index contributed by atoms with van der Waals surface area (Å²) in [6.07, 6.45) is 0. The van der Waals surface area contributed by atoms with Crippen LogP contribution in [0.25, 0.3) is 0 Å². The third kappa shape index (κ3) is 2.78. The van der Waals surface area contributed by atoms with Crippen LogP contribution in [0.1, 0.15) is 33.9 Å². The zero-order valence-corrected chi connectivity index (χ0v) is 11.2. The Labute approximate surface area is 109 Å². The molecule has 0 bridgehead atoms. The third-order valence-electron chi connectivity index (χ3n) is 3.15. The minimum atomic E-state index is 0.0456. The first kappa shape index (κ1) is 12.8. The molecule has 2 heteroatoms. The highest BCUT2D eigenvalue weighted by atomic mass is 15.2. The highest BCUT2D eigenvalue weighted by Crippen LogP contribution is 2.23. The molecule has 0 fully saturated rings. The Bertz CT molecular complexity index is 509. The van der Waals surface area contributed by atoms with E-state index in [1.165, 1.54) is 27.8 Å². The van der Waals surface area contributed by atoms with Crippen LogP contribution < -0.4 is 11.3 Å². The van der Waals surface area contributed by atoms with Gasteiger partial charge in [-0.15, -0.1) is 0 Å². The lowest BCUT2D eigenvalue weighted by Crippen LogP contribution is -2.28. The summed E-state index contributed by atoms with van der Waals surface area (Å²) in [5, 5.41) is 0. The summed E-state index contributed by atoms with van der Waals surface area (Å²) in [5.74, 6) is 5.73. The van der Waals surface area contributed by atoms with E-state index in [4.69, 9.17) is 5.84 Å². The minimum absolute atomic E-state index is 0.0456. The van der Waals surface area contributed by atoms with Crippen molar-refractivity contribution >= 4 is 0 Å². The molecule has 0 saturated heterocycles. The van der Waals surface area contributed by atoms with Gasteiger partial charge in [0.05, 0.1) is 6.04 Å². The number of nitrogens with one attached hydrogen (secondary N) is 1. The first-order chi connectivity index (χ1) is 8.60. The van der Waals surface area contributed by atoms with E-state index in [0.29, 0.717) is 0 Å². The van der Waals surface area contributed by atoms with E-state index in [-0.39, 0.29) is 6.04 Å². The molecule has 0 amide bonds. The Kier molecular flexibility index (Phi) is 3.80. The summed E-state index contributed by atoms with van der Waals surface area (Å²) in [6, 6.07) is 15.0. The van der Waals surface area contributed by atoms with Gasteiger partial charge in [0, 0.05) is 0 Å². The highest BCUT2D eigenvalue weighted by Gasteiger charge is 2.12. The SMILES string of the molecule is Cc1ccc(C(NN)c2cc(C)cc(C)c2)cc1. The van der Waals surface area contributed by atoms with Gasteiger partial charge >= 0.3 is 0 Å². The van der Waals surface area contributed by atoms with Crippen molar-refractivity contribution in [3.63, 3.8) is 0 Å². The van der Waals surface area contributed by atoms with Gasteiger partial charge in [-0.05, 0) is 31.9 Å². The lowest BCUT2D eigenvalue weighted by atomic mass is 9.95. The van der Waals surface area contributed by atoms with E-state index >= 15 is 0 Å². The Morgan fingerprint density at radius 2 is 1.33 bits per heavy atom. The van der Waals surface area contributed by atoms with Crippen LogP contribution in [-0.4, -0.2) is 0 Å². The van der Waals surface area contributed by atoms with E-state index in [0.717, 1.165) is 0 Å². The number of benzene rings is 2. The van der Waals surface area contributed by atoms with E-state index < -0.39 is 0 Å². The minimum Gasteiger partial charge on any atom is -0.271 e. The number of hydrazine groups is 1. The monoisotopic (exact) mass is 240 g/mol. The fourth-order valence-corrected chi connectivity index (χ4v) is 2.32. The summed E-state index contributed by atoms with van der Waals surface area (Å²) in [5.41, 5.74) is 9.09. The van der Waals surface area contributed by atoms with Crippen molar-refractivity contribution < 1.29 is 0 Å². The molecular weight excluding hydrogens is 220 g/mol. The lowest BCUT2D eigenvalue weighted by Gasteiger charge is -2.18. The second-order valence-corrected chi connectivity index (χ2v) is 4.93. The number of hydrogen-bond acceptors (Lipinski definition) is 2. The predicted octanol–water partition coefficient (Wildman–Crippen LogP) is 3.16. The topological polar surface area (TPSA) is 38.0 Å². The molecule has 2 aromatic rings. The molecule has 0 aromatic heterocycles. The van der Waals surface area contributed by atoms with E-state index in [1.54, 1.807) is 0 Å². The molecule has 2 rings (SSSR count). The molecule has 18 heavy (non-hydrogen) atoms. The smallest absolute Gasteiger partial charge is 0.0710 e. The summed E-state index contributed by atoms with van der Waals surface area (Å²) >= 11 is 0. The van der Waals surface area contributed by atoms with Gasteiger partial charge in [-0.1, -0.05) is 59.2 Å². The van der Waals surface area contributed by atoms with Crippen molar-refractivity contribution in [3.8, 4) is 0 Å². The van der Waals surface area contributed by atoms with Crippen molar-refractivity contribution in [2.45, 2.75) is 26.8 Å². The molecule has 2 nitrogen and oxygen atoms in total. The fraction of sp³-hybridized carbons (Fsp3) is 0.250. The molecule has 1 unspecified atom stereocenters. The molecule has 1 atom stereocenters. The first-order valence-corrected chi connectivity index (χ1v) is 6.21. The van der Waals surface area contributed by atoms with E-state index in [1.807, 2.05) is 0 Å². The molecule has 3 N–H and O–H groups in total. The van der Waals surface area contributed by atoms with Crippen LogP contribution in [0.15, 0.2) is 42.5 Å². The van der Waals surface area contributed by atoms with E-state index in [9.17, 15) is 0 Å². The maximum atomic E-state index is 5.73. The number of rotatable bonds is 3. The van der Waals surface area contributed by atoms with Crippen LogP contribution >= 0.6 is 0 Å². The molecule has 0 aliphatic heterocycles. The van der Waals surface area contributed by atoms with Crippen molar-refractivity contribution in [3.05, 3.63) is 70.3 Å². The van der Waals surface area contributed by atoms with Crippen molar-refractivity contribution in [1.29, 1.82) is 0 Å². The van der Waals surface area contributed by atoms with Gasteiger partial charge in [-0.25, -0.2) is 5.43 Å². The van der Waals surface area contributed by atoms with Crippen LogP contribution in [0.2, 0.25) is 0 Å². The van der Waals surface area contributed by atoms with Gasteiger partial charge < -0.3 is 0 Å². The Morgan fingerprint density at radius 3 is 1.83 bits per heavy atom. The summed E-state index contributed by atoms with van der Waals surface area (Å²) in [4.78, 5) is 0. The predicted molar refractivity (Wildman–Crippen MR) is 76.3 cm³/mol. The normalized spacial score (nSPS) is 12.4. The van der Waals surface area contributed by atoms with Gasteiger partial charge in [0.25, 0.3) is 0 Å². The van der Waals surface area contributed by atoms with Gasteiger partial charge in [0.15, 0.2) is 0 Å². The van der Waals surface area contributed by atoms with Gasteiger partial charge in [-0.3, -0.25) is 5.84 Å². The second-order valence-electron chi connectivity index (χ2n) is 4.93. The van der Waals surface area contributed by atoms with Crippen LogP contribution in [0.5, 0.6) is 0 Å². The maximum absolute atomic E-state index is 5.73. The zero-order valence-electron chi connectivity index (χ0n) is 11.2. The average molecular weight is 240 g/mol. The summed E-state index contributed by atoms with van der Waals surface area (Å²) < 4.78 is 0. The highest BCUT2D eigenvalue weighted by molar-refractivity contribution is 5.37. The first-order valence-electron chi connectivity index (χ1n) is 6.21. The third-order valence-corrected chi connectivity index (χ3v) is 3.15. The molecule has 2 aromatic carbocycles. The van der Waals surface area contributed by atoms with Crippen LogP contribution in [0.4, 0.5) is 0 Å². The molecule has 0 radical (unpaired) electrons. The van der Waals surface area contributed by atoms with Crippen molar-refractivity contribution in [2.75, 3.05) is 0 Å². The number of nitrogens with two attached hydrogens (primary N) is 1. The average Bonchev–Trinajstić information content (AvgIpc) is 2.31. The molecule has 94 valence electrons. The van der Waals surface area contributed by atoms with Gasteiger partial charge in [-0.2, -0.15) is 0 Å². The van der Waals surface area contributed by atoms with E-state index in [2.05, 4.69) is 68.7 Å². The Balaban J connectivity index is 2.41. The molecule has 0 heterocycles. The molecule has 0 saturated carbocycles. The lowest BCUT2D eigenvalue weighted by molar-refractivity contribution is 0.636. The van der Waals surface area contributed by atoms with Crippen molar-refractivity contribution in [2.24, 2.45) is 5.84 Å². The molecular formula is C16H20N2. The molecule has 0 aliphatic carbocycles. The maximum Gasteiger partial charge on any atom is 0.0710 e. The largest absolute Gasteiger partial charge is 0.271 e. The van der Waals surface area contributed by atoms with Crippen molar-refractivity contribution in [1.82, 2.24) is 5.43 Å². The fourth-order valence-electron chi connectivity index (χ4n) is 2.32. The van der Waals surface area contributed by atoms with Crippen LogP contribution in [0, 0.1) is 20.8 Å². The zero-order chi connectivity index (χ0) is 13.1.